The summed E-state index contributed by atoms with van der Waals surface area (Å²) in [4.78, 5) is 29.7. The number of Topliss-reactive ketones (excluding diaryl/α,β-unsaturated/α-hetero) is 1. The van der Waals surface area contributed by atoms with Gasteiger partial charge in [-0.05, 0) is 56.4 Å². The molecule has 1 fully saturated rings. The molecule has 0 radical (unpaired) electrons. The van der Waals surface area contributed by atoms with Crippen LogP contribution in [0.25, 0.3) is 0 Å². The van der Waals surface area contributed by atoms with Gasteiger partial charge < -0.3 is 14.2 Å². The van der Waals surface area contributed by atoms with E-state index >= 15 is 0 Å². The van der Waals surface area contributed by atoms with Gasteiger partial charge >= 0.3 is 5.97 Å². The Morgan fingerprint density at radius 3 is 2.54 bits per heavy atom. The van der Waals surface area contributed by atoms with Crippen LogP contribution in [-0.2, 0) is 20.7 Å². The van der Waals surface area contributed by atoms with Crippen molar-refractivity contribution in [3.8, 4) is 11.5 Å². The Hall–Kier alpha value is -2.63. The Kier molecular flexibility index (Phi) is 6.49. The molecule has 1 aromatic rings. The van der Waals surface area contributed by atoms with Crippen LogP contribution in [0.5, 0.6) is 11.5 Å². The maximum Gasteiger partial charge on any atom is 0.341 e. The molecule has 2 aliphatic rings. The highest BCUT2D eigenvalue weighted by Crippen LogP contribution is 2.34. The summed E-state index contributed by atoms with van der Waals surface area (Å²) in [5, 5.41) is 0. The van der Waals surface area contributed by atoms with Gasteiger partial charge in [-0.15, -0.1) is 0 Å². The van der Waals surface area contributed by atoms with E-state index in [1.165, 1.54) is 0 Å². The molecule has 6 heteroatoms. The van der Waals surface area contributed by atoms with Crippen LogP contribution < -0.4 is 9.47 Å². The Balaban J connectivity index is 1.85. The minimum atomic E-state index is -0.542. The molecule has 1 aliphatic carbocycles. The number of methoxy groups -OCH3 is 2. The van der Waals surface area contributed by atoms with E-state index in [9.17, 15) is 9.59 Å². The highest BCUT2D eigenvalue weighted by atomic mass is 16.5. The van der Waals surface area contributed by atoms with Gasteiger partial charge in [0.15, 0.2) is 17.3 Å². The average Bonchev–Trinajstić information content (AvgIpc) is 3.52. The van der Waals surface area contributed by atoms with E-state index in [2.05, 4.69) is 0 Å². The molecule has 0 spiro atoms. The van der Waals surface area contributed by atoms with Gasteiger partial charge in [0, 0.05) is 18.1 Å². The van der Waals surface area contributed by atoms with Crippen molar-refractivity contribution in [2.45, 2.75) is 45.1 Å². The lowest BCUT2D eigenvalue weighted by Crippen LogP contribution is -2.23. The predicted octanol–water partition coefficient (Wildman–Crippen LogP) is 3.32. The lowest BCUT2D eigenvalue weighted by Gasteiger charge is -2.18. The third kappa shape index (κ3) is 4.80. The minimum Gasteiger partial charge on any atom is -0.493 e. The summed E-state index contributed by atoms with van der Waals surface area (Å²) in [5.41, 5.74) is 2.06. The number of hydrogen-bond donors (Lipinski definition) is 0. The second-order valence-electron chi connectivity index (χ2n) is 7.12. The van der Waals surface area contributed by atoms with Crippen LogP contribution >= 0.6 is 0 Å². The maximum atomic E-state index is 12.6. The lowest BCUT2D eigenvalue weighted by molar-refractivity contribution is -0.140. The van der Waals surface area contributed by atoms with Crippen LogP contribution in [0.1, 0.15) is 38.2 Å². The van der Waals surface area contributed by atoms with E-state index in [0.29, 0.717) is 30.3 Å². The van der Waals surface area contributed by atoms with Gasteiger partial charge in [-0.2, -0.15) is 0 Å². The molecule has 1 unspecified atom stereocenters. The van der Waals surface area contributed by atoms with Crippen molar-refractivity contribution in [2.24, 2.45) is 10.9 Å². The summed E-state index contributed by atoms with van der Waals surface area (Å²) >= 11 is 0. The van der Waals surface area contributed by atoms with E-state index in [1.807, 2.05) is 18.2 Å². The highest BCUT2D eigenvalue weighted by molar-refractivity contribution is 6.21. The molecule has 150 valence electrons. The van der Waals surface area contributed by atoms with Gasteiger partial charge in [0.05, 0.1) is 26.9 Å². The highest BCUT2D eigenvalue weighted by Gasteiger charge is 2.31. The van der Waals surface area contributed by atoms with Crippen molar-refractivity contribution in [1.82, 2.24) is 0 Å². The maximum absolute atomic E-state index is 12.6. The van der Waals surface area contributed by atoms with Crippen molar-refractivity contribution in [2.75, 3.05) is 20.8 Å². The van der Waals surface area contributed by atoms with Crippen LogP contribution in [0.15, 0.2) is 34.8 Å². The van der Waals surface area contributed by atoms with Crippen LogP contribution in [-0.4, -0.2) is 44.3 Å². The summed E-state index contributed by atoms with van der Waals surface area (Å²) in [6.45, 7) is 1.99. The van der Waals surface area contributed by atoms with E-state index in [1.54, 1.807) is 27.2 Å². The molecular formula is C22H27NO5. The fourth-order valence-electron chi connectivity index (χ4n) is 3.38. The number of allylic oxidation sites excluding steroid dienone is 1. The topological polar surface area (TPSA) is 74.2 Å². The number of hydrogen-bond acceptors (Lipinski definition) is 6. The second kappa shape index (κ2) is 9.04. The third-order valence-corrected chi connectivity index (χ3v) is 5.04. The van der Waals surface area contributed by atoms with Crippen LogP contribution in [0, 0.1) is 5.92 Å². The number of aliphatic imine (C=N–C) groups is 1. The fourth-order valence-corrected chi connectivity index (χ4v) is 3.38. The number of nitrogens with zero attached hydrogens (tertiary/aromatic N) is 1. The lowest BCUT2D eigenvalue weighted by atomic mass is 9.95. The Morgan fingerprint density at radius 2 is 1.89 bits per heavy atom. The number of benzene rings is 1. The molecule has 1 saturated carbocycles. The number of ether oxygens (including phenoxy) is 3. The summed E-state index contributed by atoms with van der Waals surface area (Å²) in [7, 11) is 3.22. The van der Waals surface area contributed by atoms with Gasteiger partial charge in [-0.3, -0.25) is 9.79 Å². The molecule has 0 N–H and O–H groups in total. The smallest absolute Gasteiger partial charge is 0.341 e. The molecule has 28 heavy (non-hydrogen) atoms. The number of rotatable bonds is 7. The third-order valence-electron chi connectivity index (χ3n) is 5.04. The fraction of sp³-hybridized carbons (Fsp3) is 0.500. The molecule has 1 aromatic carbocycles. The van der Waals surface area contributed by atoms with E-state index in [4.69, 9.17) is 19.2 Å². The summed E-state index contributed by atoms with van der Waals surface area (Å²) in [6, 6.07) is 5.81. The first-order valence-electron chi connectivity index (χ1n) is 9.76. The predicted molar refractivity (Wildman–Crippen MR) is 106 cm³/mol. The first-order chi connectivity index (χ1) is 13.5. The molecule has 3 rings (SSSR count). The molecule has 0 bridgehead atoms. The molecular weight excluding hydrogens is 358 g/mol. The number of carbonyl (C=O) groups is 2. The minimum absolute atomic E-state index is 0.0161. The summed E-state index contributed by atoms with van der Waals surface area (Å²) in [6.07, 6.45) is 5.33. The van der Waals surface area contributed by atoms with Gasteiger partial charge in [-0.25, -0.2) is 4.79 Å². The molecule has 1 aliphatic heterocycles. The van der Waals surface area contributed by atoms with Crippen molar-refractivity contribution in [3.63, 3.8) is 0 Å². The zero-order valence-corrected chi connectivity index (χ0v) is 16.7. The second-order valence-corrected chi connectivity index (χ2v) is 7.12. The zero-order valence-electron chi connectivity index (χ0n) is 16.7. The summed E-state index contributed by atoms with van der Waals surface area (Å²) < 4.78 is 15.7. The van der Waals surface area contributed by atoms with E-state index in [-0.39, 0.29) is 30.4 Å². The molecule has 6 nitrogen and oxygen atoms in total. The Bertz CT molecular complexity index is 807. The van der Waals surface area contributed by atoms with Crippen LogP contribution in [0.3, 0.4) is 0 Å². The van der Waals surface area contributed by atoms with Crippen molar-refractivity contribution in [3.05, 3.63) is 35.4 Å². The van der Waals surface area contributed by atoms with Crippen molar-refractivity contribution in [1.29, 1.82) is 0 Å². The molecule has 0 amide bonds. The monoisotopic (exact) mass is 385 g/mol. The molecule has 0 saturated heterocycles. The first kappa shape index (κ1) is 20.1. The van der Waals surface area contributed by atoms with Gasteiger partial charge in [0.25, 0.3) is 0 Å². The quantitative estimate of drug-likeness (QED) is 0.532. The van der Waals surface area contributed by atoms with Crippen molar-refractivity contribution >= 4 is 17.5 Å². The normalized spacial score (nSPS) is 21.7. The van der Waals surface area contributed by atoms with Gasteiger partial charge in [0.2, 0.25) is 0 Å². The van der Waals surface area contributed by atoms with E-state index in [0.717, 1.165) is 24.1 Å². The van der Waals surface area contributed by atoms with Crippen LogP contribution in [0.2, 0.25) is 0 Å². The number of carbonyl (C=O) groups excluding carboxylic acids is 2. The van der Waals surface area contributed by atoms with Gasteiger partial charge in [0.1, 0.15) is 5.57 Å². The Morgan fingerprint density at radius 1 is 1.14 bits per heavy atom. The standard InChI is InChI=1S/C22H27NO5/c1-4-28-22(25)17-13-18(15-6-7-15)23-16(8-9-19(17)24)11-14-5-10-20(26-2)21(12-14)27-3/h5,10,12-13,15-16H,4,6-9,11H2,1-3H3/b17-13+,23-18?. The van der Waals surface area contributed by atoms with Crippen LogP contribution in [0.4, 0.5) is 0 Å². The first-order valence-corrected chi connectivity index (χ1v) is 9.76. The zero-order chi connectivity index (χ0) is 20.1. The SMILES string of the molecule is CCOC(=O)/C1=C/C(C2CC2)=NC(Cc2ccc(OC)c(OC)c2)CCC1=O. The summed E-state index contributed by atoms with van der Waals surface area (Å²) in [5.74, 6) is 0.993. The number of esters is 1. The van der Waals surface area contributed by atoms with E-state index < -0.39 is 5.97 Å². The number of ketones is 1. The van der Waals surface area contributed by atoms with Gasteiger partial charge in [-0.1, -0.05) is 6.07 Å². The largest absolute Gasteiger partial charge is 0.493 e. The average molecular weight is 385 g/mol. The molecule has 0 aromatic heterocycles. The molecule has 1 atom stereocenters. The Labute approximate surface area is 165 Å². The van der Waals surface area contributed by atoms with Crippen molar-refractivity contribution < 1.29 is 23.8 Å². The molecule has 1 heterocycles.